The Morgan fingerprint density at radius 1 is 1.11 bits per heavy atom. The molecule has 0 saturated carbocycles. The Labute approximate surface area is 116 Å². The first-order chi connectivity index (χ1) is 9.09. The number of aromatic carboxylic acids is 1. The van der Waals surface area contributed by atoms with Gasteiger partial charge in [0, 0.05) is 14.8 Å². The van der Waals surface area contributed by atoms with Crippen molar-refractivity contribution in [3.05, 3.63) is 57.2 Å². The van der Waals surface area contributed by atoms with E-state index in [0.717, 1.165) is 4.70 Å². The summed E-state index contributed by atoms with van der Waals surface area (Å²) in [5.74, 6) is -1.13. The van der Waals surface area contributed by atoms with Gasteiger partial charge in [-0.2, -0.15) is 0 Å². The van der Waals surface area contributed by atoms with Crippen LogP contribution in [0.2, 0.25) is 5.02 Å². The second-order valence-electron chi connectivity index (χ2n) is 4.03. The fourth-order valence-electron chi connectivity index (χ4n) is 2.02. The Bertz CT molecular complexity index is 883. The highest BCUT2D eigenvalue weighted by Crippen LogP contribution is 2.31. The summed E-state index contributed by atoms with van der Waals surface area (Å²) in [5, 5.41) is 9.90. The molecule has 0 radical (unpaired) electrons. The van der Waals surface area contributed by atoms with Gasteiger partial charge in [-0.3, -0.25) is 4.79 Å². The largest absolute Gasteiger partial charge is 0.478 e. The summed E-state index contributed by atoms with van der Waals surface area (Å²) in [6, 6.07) is 10.3. The van der Waals surface area contributed by atoms with Crippen LogP contribution in [0.15, 0.2) is 41.2 Å². The van der Waals surface area contributed by atoms with Crippen LogP contribution in [0.5, 0.6) is 0 Å². The molecule has 0 fully saturated rings. The Balaban J connectivity index is 2.57. The number of rotatable bonds is 1. The van der Waals surface area contributed by atoms with Crippen molar-refractivity contribution in [1.82, 2.24) is 0 Å². The average Bonchev–Trinajstić information content (AvgIpc) is 2.38. The van der Waals surface area contributed by atoms with Gasteiger partial charge in [0.05, 0.1) is 16.0 Å². The predicted molar refractivity (Wildman–Crippen MR) is 77.6 cm³/mol. The van der Waals surface area contributed by atoms with Gasteiger partial charge in [0.15, 0.2) is 5.43 Å². The highest BCUT2D eigenvalue weighted by molar-refractivity contribution is 7.24. The Kier molecular flexibility index (Phi) is 2.77. The number of hydrogen-bond donors (Lipinski definition) is 1. The van der Waals surface area contributed by atoms with E-state index in [9.17, 15) is 9.59 Å². The van der Waals surface area contributed by atoms with Crippen molar-refractivity contribution < 1.29 is 9.90 Å². The summed E-state index contributed by atoms with van der Waals surface area (Å²) >= 11 is 7.49. The summed E-state index contributed by atoms with van der Waals surface area (Å²) in [6.07, 6.45) is 0. The number of benzene rings is 2. The fraction of sp³-hybridized carbons (Fsp3) is 0. The van der Waals surface area contributed by atoms with Gasteiger partial charge in [0.2, 0.25) is 0 Å². The molecule has 94 valence electrons. The third-order valence-electron chi connectivity index (χ3n) is 2.91. The second-order valence-corrected chi connectivity index (χ2v) is 5.49. The first kappa shape index (κ1) is 12.1. The number of hydrogen-bond acceptors (Lipinski definition) is 3. The maximum Gasteiger partial charge on any atom is 0.337 e. The highest BCUT2D eigenvalue weighted by Gasteiger charge is 2.15. The van der Waals surface area contributed by atoms with Crippen molar-refractivity contribution >= 4 is 49.1 Å². The zero-order chi connectivity index (χ0) is 13.6. The fourth-order valence-corrected chi connectivity index (χ4v) is 3.49. The van der Waals surface area contributed by atoms with Crippen molar-refractivity contribution in [3.8, 4) is 0 Å². The zero-order valence-electron chi connectivity index (χ0n) is 9.51. The van der Waals surface area contributed by atoms with E-state index in [0.29, 0.717) is 10.1 Å². The van der Waals surface area contributed by atoms with Gasteiger partial charge in [-0.15, -0.1) is 11.3 Å². The van der Waals surface area contributed by atoms with Gasteiger partial charge in [0.25, 0.3) is 0 Å². The molecule has 0 spiro atoms. The number of carbonyl (C=O) groups is 1. The maximum atomic E-state index is 12.4. The summed E-state index contributed by atoms with van der Waals surface area (Å²) in [4.78, 5) is 23.5. The molecule has 19 heavy (non-hydrogen) atoms. The van der Waals surface area contributed by atoms with Gasteiger partial charge in [0.1, 0.15) is 0 Å². The van der Waals surface area contributed by atoms with Crippen LogP contribution in [0.25, 0.3) is 20.2 Å². The molecule has 1 heterocycles. The summed E-state index contributed by atoms with van der Waals surface area (Å²) in [7, 11) is 0. The first-order valence-corrected chi connectivity index (χ1v) is 6.66. The van der Waals surface area contributed by atoms with E-state index in [4.69, 9.17) is 16.7 Å². The van der Waals surface area contributed by atoms with E-state index in [1.165, 1.54) is 17.4 Å². The minimum Gasteiger partial charge on any atom is -0.478 e. The van der Waals surface area contributed by atoms with Crippen LogP contribution in [0.1, 0.15) is 10.4 Å². The second kappa shape index (κ2) is 4.33. The molecular formula is C14H7ClO3S. The lowest BCUT2D eigenvalue weighted by molar-refractivity contribution is 0.0697. The SMILES string of the molecule is O=C(O)c1ccc2sc3ccccc3c(=O)c2c1Cl. The molecule has 1 N–H and O–H groups in total. The van der Waals surface area contributed by atoms with E-state index in [-0.39, 0.29) is 21.4 Å². The van der Waals surface area contributed by atoms with Crippen LogP contribution in [-0.4, -0.2) is 11.1 Å². The minimum absolute atomic E-state index is 0.0111. The molecule has 0 unspecified atom stereocenters. The van der Waals surface area contributed by atoms with Gasteiger partial charge in [-0.1, -0.05) is 23.7 Å². The molecule has 0 atom stereocenters. The van der Waals surface area contributed by atoms with Crippen molar-refractivity contribution in [2.24, 2.45) is 0 Å². The van der Waals surface area contributed by atoms with Crippen molar-refractivity contribution in [2.45, 2.75) is 0 Å². The van der Waals surface area contributed by atoms with Crippen LogP contribution in [0.3, 0.4) is 0 Å². The van der Waals surface area contributed by atoms with E-state index in [1.807, 2.05) is 12.1 Å². The molecule has 0 bridgehead atoms. The quantitative estimate of drug-likeness (QED) is 0.694. The van der Waals surface area contributed by atoms with Crippen molar-refractivity contribution in [3.63, 3.8) is 0 Å². The third-order valence-corrected chi connectivity index (χ3v) is 4.44. The Morgan fingerprint density at radius 3 is 2.58 bits per heavy atom. The molecular weight excluding hydrogens is 284 g/mol. The van der Waals surface area contributed by atoms with Crippen molar-refractivity contribution in [1.29, 1.82) is 0 Å². The zero-order valence-corrected chi connectivity index (χ0v) is 11.1. The smallest absolute Gasteiger partial charge is 0.337 e. The van der Waals surface area contributed by atoms with E-state index >= 15 is 0 Å². The van der Waals surface area contributed by atoms with Crippen molar-refractivity contribution in [2.75, 3.05) is 0 Å². The van der Waals surface area contributed by atoms with E-state index in [2.05, 4.69) is 0 Å². The van der Waals surface area contributed by atoms with Gasteiger partial charge >= 0.3 is 5.97 Å². The summed E-state index contributed by atoms with van der Waals surface area (Å²) in [5.41, 5.74) is -0.272. The summed E-state index contributed by atoms with van der Waals surface area (Å²) < 4.78 is 1.55. The molecule has 0 aliphatic rings. The normalized spacial score (nSPS) is 11.0. The molecule has 0 aliphatic carbocycles. The van der Waals surface area contributed by atoms with Crippen LogP contribution >= 0.6 is 22.9 Å². The lowest BCUT2D eigenvalue weighted by atomic mass is 10.1. The molecule has 0 aliphatic heterocycles. The molecule has 2 aromatic carbocycles. The molecule has 0 saturated heterocycles. The molecule has 0 amide bonds. The van der Waals surface area contributed by atoms with Crippen LogP contribution in [0.4, 0.5) is 0 Å². The topological polar surface area (TPSA) is 54.4 Å². The Hall–Kier alpha value is -1.91. The van der Waals surface area contributed by atoms with Crippen LogP contribution in [0, 0.1) is 0 Å². The third kappa shape index (κ3) is 1.80. The minimum atomic E-state index is -1.13. The van der Waals surface area contributed by atoms with Crippen LogP contribution < -0.4 is 5.43 Å². The molecule has 3 aromatic rings. The number of fused-ring (bicyclic) bond motifs is 2. The van der Waals surface area contributed by atoms with E-state index < -0.39 is 5.97 Å². The van der Waals surface area contributed by atoms with Gasteiger partial charge < -0.3 is 5.11 Å². The van der Waals surface area contributed by atoms with E-state index in [1.54, 1.807) is 18.2 Å². The average molecular weight is 291 g/mol. The summed E-state index contributed by atoms with van der Waals surface area (Å²) in [6.45, 7) is 0. The Morgan fingerprint density at radius 2 is 1.84 bits per heavy atom. The monoisotopic (exact) mass is 290 g/mol. The maximum absolute atomic E-state index is 12.4. The molecule has 3 rings (SSSR count). The molecule has 3 nitrogen and oxygen atoms in total. The predicted octanol–water partition coefficient (Wildman–Crippen LogP) is 3.77. The first-order valence-electron chi connectivity index (χ1n) is 5.47. The van der Waals surface area contributed by atoms with Gasteiger partial charge in [-0.05, 0) is 24.3 Å². The molecule has 1 aromatic heterocycles. The highest BCUT2D eigenvalue weighted by atomic mass is 35.5. The number of carboxylic acids is 1. The van der Waals surface area contributed by atoms with Crippen LogP contribution in [-0.2, 0) is 0 Å². The van der Waals surface area contributed by atoms with Gasteiger partial charge in [-0.25, -0.2) is 4.79 Å². The number of carboxylic acid groups (broad SMARTS) is 1. The molecule has 5 heteroatoms. The number of halogens is 1. The standard InChI is InChI=1S/C14H7ClO3S/c15-12-8(14(17)18)5-6-10-11(12)13(16)7-3-1-2-4-9(7)19-10/h1-6H,(H,17,18). The lowest BCUT2D eigenvalue weighted by Crippen LogP contribution is -2.05. The lowest BCUT2D eigenvalue weighted by Gasteiger charge is -2.05.